The first kappa shape index (κ1) is 19.8. The lowest BCUT2D eigenvalue weighted by molar-refractivity contribution is 0.00832. The third kappa shape index (κ3) is 3.81. The summed E-state index contributed by atoms with van der Waals surface area (Å²) < 4.78 is 10.2. The maximum atomic E-state index is 12.1. The Morgan fingerprint density at radius 2 is 2.10 bits per heavy atom. The first-order valence-electron chi connectivity index (χ1n) is 9.10. The largest absolute Gasteiger partial charge is 0.465 e. The van der Waals surface area contributed by atoms with Crippen LogP contribution in [0.2, 0.25) is 0 Å². The number of hydrogen-bond acceptors (Lipinski definition) is 10. The summed E-state index contributed by atoms with van der Waals surface area (Å²) in [4.78, 5) is 37.1. The summed E-state index contributed by atoms with van der Waals surface area (Å²) in [5.41, 5.74) is 1.07. The third-order valence-electron chi connectivity index (χ3n) is 4.51. The number of thiazole rings is 1. The lowest BCUT2D eigenvalue weighted by Crippen LogP contribution is -2.17. The van der Waals surface area contributed by atoms with Crippen LogP contribution in [0.3, 0.4) is 0 Å². The van der Waals surface area contributed by atoms with Crippen LogP contribution in [0.15, 0.2) is 36.0 Å². The molecular formula is C20H19N5O4S. The van der Waals surface area contributed by atoms with E-state index >= 15 is 0 Å². The molecule has 0 fully saturated rings. The number of esters is 2. The fourth-order valence-electron chi connectivity index (χ4n) is 3.07. The lowest BCUT2D eigenvalue weighted by atomic mass is 10.0. The highest BCUT2D eigenvalue weighted by Crippen LogP contribution is 2.35. The van der Waals surface area contributed by atoms with E-state index in [9.17, 15) is 9.59 Å². The Morgan fingerprint density at radius 1 is 1.27 bits per heavy atom. The number of carbonyl (C=O) groups is 2. The van der Waals surface area contributed by atoms with E-state index in [0.29, 0.717) is 40.7 Å². The summed E-state index contributed by atoms with van der Waals surface area (Å²) in [6.45, 7) is 4.03. The van der Waals surface area contributed by atoms with Crippen LogP contribution in [-0.2, 0) is 21.6 Å². The number of rotatable bonds is 6. The molecule has 0 spiro atoms. The number of fused-ring (bicyclic) bond motifs is 1. The summed E-state index contributed by atoms with van der Waals surface area (Å²) >= 11 is 1.51. The Labute approximate surface area is 176 Å². The number of nitrogens with zero attached hydrogens (tertiary/aromatic N) is 3. The molecule has 0 aromatic carbocycles. The van der Waals surface area contributed by atoms with E-state index in [1.54, 1.807) is 38.2 Å². The van der Waals surface area contributed by atoms with Crippen molar-refractivity contribution in [1.29, 1.82) is 0 Å². The summed E-state index contributed by atoms with van der Waals surface area (Å²) in [7, 11) is 1.32. The van der Waals surface area contributed by atoms with E-state index in [1.165, 1.54) is 24.6 Å². The smallest absolute Gasteiger partial charge is 0.341 e. The molecule has 3 aromatic heterocycles. The van der Waals surface area contributed by atoms with Crippen LogP contribution in [-0.4, -0.2) is 34.0 Å². The van der Waals surface area contributed by atoms with Crippen LogP contribution in [0.25, 0.3) is 0 Å². The van der Waals surface area contributed by atoms with E-state index in [1.807, 2.05) is 5.38 Å². The second-order valence-electron chi connectivity index (χ2n) is 7.00. The zero-order valence-corrected chi connectivity index (χ0v) is 17.4. The Bertz CT molecular complexity index is 1110. The topological polar surface area (TPSA) is 115 Å². The molecule has 3 aromatic rings. The van der Waals surface area contributed by atoms with E-state index < -0.39 is 11.6 Å². The van der Waals surface area contributed by atoms with E-state index in [0.717, 1.165) is 5.01 Å². The van der Waals surface area contributed by atoms with Gasteiger partial charge in [0.2, 0.25) is 0 Å². The molecule has 2 N–H and O–H groups in total. The van der Waals surface area contributed by atoms with Gasteiger partial charge in [0.1, 0.15) is 33.5 Å². The van der Waals surface area contributed by atoms with Crippen LogP contribution < -0.4 is 10.6 Å². The van der Waals surface area contributed by atoms with E-state index in [-0.39, 0.29) is 5.97 Å². The second-order valence-corrected chi connectivity index (χ2v) is 7.98. The molecule has 0 atom stereocenters. The molecule has 1 aliphatic heterocycles. The molecule has 0 saturated heterocycles. The first-order valence-corrected chi connectivity index (χ1v) is 9.98. The van der Waals surface area contributed by atoms with Gasteiger partial charge in [-0.15, -0.1) is 11.3 Å². The maximum absolute atomic E-state index is 12.1. The fraction of sp³-hybridized carbons (Fsp3) is 0.250. The van der Waals surface area contributed by atoms with Crippen molar-refractivity contribution in [2.45, 2.75) is 26.0 Å². The molecule has 10 heteroatoms. The highest BCUT2D eigenvalue weighted by atomic mass is 32.1. The number of ether oxygens (including phenoxy) is 2. The number of anilines is 3. The molecule has 4 heterocycles. The predicted octanol–water partition coefficient (Wildman–Crippen LogP) is 3.48. The third-order valence-corrected chi connectivity index (χ3v) is 5.29. The lowest BCUT2D eigenvalue weighted by Gasteiger charge is -2.17. The van der Waals surface area contributed by atoms with Gasteiger partial charge < -0.3 is 20.1 Å². The number of cyclic esters (lactones) is 1. The number of aromatic nitrogens is 3. The van der Waals surface area contributed by atoms with Crippen molar-refractivity contribution >= 4 is 40.6 Å². The molecule has 0 unspecified atom stereocenters. The highest BCUT2D eigenvalue weighted by Gasteiger charge is 2.39. The zero-order chi connectivity index (χ0) is 21.3. The van der Waals surface area contributed by atoms with Gasteiger partial charge >= 0.3 is 11.9 Å². The molecule has 0 bridgehead atoms. The predicted molar refractivity (Wildman–Crippen MR) is 111 cm³/mol. The van der Waals surface area contributed by atoms with Crippen molar-refractivity contribution in [2.75, 3.05) is 17.7 Å². The molecule has 0 aliphatic carbocycles. The number of methoxy groups -OCH3 is 1. The van der Waals surface area contributed by atoms with Gasteiger partial charge in [-0.2, -0.15) is 0 Å². The Morgan fingerprint density at radius 3 is 2.83 bits per heavy atom. The van der Waals surface area contributed by atoms with Gasteiger partial charge in [0.25, 0.3) is 0 Å². The number of pyridine rings is 2. The zero-order valence-electron chi connectivity index (χ0n) is 16.6. The molecule has 0 amide bonds. The minimum absolute atomic E-state index is 0.307. The number of hydrogen-bond donors (Lipinski definition) is 2. The van der Waals surface area contributed by atoms with Crippen LogP contribution in [0.4, 0.5) is 17.3 Å². The summed E-state index contributed by atoms with van der Waals surface area (Å²) in [6, 6.07) is 5.05. The fourth-order valence-corrected chi connectivity index (χ4v) is 3.63. The van der Waals surface area contributed by atoms with Gasteiger partial charge in [-0.25, -0.2) is 24.5 Å². The number of nitrogens with one attached hydrogen (secondary N) is 2. The Kier molecular flexibility index (Phi) is 5.08. The second kappa shape index (κ2) is 7.71. The minimum atomic E-state index is -0.799. The van der Waals surface area contributed by atoms with E-state index in [2.05, 4.69) is 25.6 Å². The monoisotopic (exact) mass is 425 g/mol. The van der Waals surface area contributed by atoms with Crippen molar-refractivity contribution in [3.05, 3.63) is 57.8 Å². The standard InChI is InChI=1S/C20H19N5O4S/c1-20(2)17-11(19(27)29-20)4-5-14(25-17)24-15-8-13(12(9-23-15)18(26)28-3)22-10-16-21-6-7-30-16/h4-9H,10H2,1-3H3,(H2,22,23,24,25). The Balaban J connectivity index is 1.61. The molecule has 0 saturated carbocycles. The van der Waals surface area contributed by atoms with Gasteiger partial charge in [0, 0.05) is 23.8 Å². The first-order chi connectivity index (χ1) is 14.4. The van der Waals surface area contributed by atoms with E-state index in [4.69, 9.17) is 9.47 Å². The molecule has 9 nitrogen and oxygen atoms in total. The van der Waals surface area contributed by atoms with Crippen molar-refractivity contribution in [3.63, 3.8) is 0 Å². The molecule has 4 rings (SSSR count). The number of carbonyl (C=O) groups excluding carboxylic acids is 2. The Hall–Kier alpha value is -3.53. The van der Waals surface area contributed by atoms with Crippen molar-refractivity contribution < 1.29 is 19.1 Å². The van der Waals surface area contributed by atoms with Crippen LogP contribution in [0, 0.1) is 0 Å². The van der Waals surface area contributed by atoms with Crippen LogP contribution in [0.1, 0.15) is 45.3 Å². The SMILES string of the molecule is COC(=O)c1cnc(Nc2ccc3c(n2)C(C)(C)OC3=O)cc1NCc1nccs1. The van der Waals surface area contributed by atoms with Gasteiger partial charge in [-0.05, 0) is 26.0 Å². The summed E-state index contributed by atoms with van der Waals surface area (Å²) in [5, 5.41) is 9.07. The molecule has 154 valence electrons. The van der Waals surface area contributed by atoms with Crippen molar-refractivity contribution in [2.24, 2.45) is 0 Å². The average molecular weight is 425 g/mol. The summed E-state index contributed by atoms with van der Waals surface area (Å²) in [6.07, 6.45) is 3.15. The van der Waals surface area contributed by atoms with Gasteiger partial charge in [-0.1, -0.05) is 0 Å². The quantitative estimate of drug-likeness (QED) is 0.573. The van der Waals surface area contributed by atoms with Crippen LogP contribution >= 0.6 is 11.3 Å². The van der Waals surface area contributed by atoms with Gasteiger partial charge in [-0.3, -0.25) is 0 Å². The van der Waals surface area contributed by atoms with Crippen molar-refractivity contribution in [3.8, 4) is 0 Å². The van der Waals surface area contributed by atoms with Gasteiger partial charge in [0.05, 0.1) is 24.9 Å². The molecule has 0 radical (unpaired) electrons. The average Bonchev–Trinajstić information content (AvgIpc) is 3.32. The highest BCUT2D eigenvalue weighted by molar-refractivity contribution is 7.09. The molecule has 1 aliphatic rings. The van der Waals surface area contributed by atoms with Crippen molar-refractivity contribution in [1.82, 2.24) is 15.0 Å². The normalized spacial score (nSPS) is 14.0. The minimum Gasteiger partial charge on any atom is -0.465 e. The molecule has 30 heavy (non-hydrogen) atoms. The summed E-state index contributed by atoms with van der Waals surface area (Å²) in [5.74, 6) is 0.0936. The van der Waals surface area contributed by atoms with Gasteiger partial charge in [0.15, 0.2) is 0 Å². The van der Waals surface area contributed by atoms with Crippen LogP contribution in [0.5, 0.6) is 0 Å². The maximum Gasteiger partial charge on any atom is 0.341 e. The molecular weight excluding hydrogens is 406 g/mol.